The monoisotopic (exact) mass is 437 g/mol. The van der Waals surface area contributed by atoms with E-state index in [2.05, 4.69) is 24.9 Å². The van der Waals surface area contributed by atoms with Gasteiger partial charge in [-0.1, -0.05) is 49.7 Å². The van der Waals surface area contributed by atoms with Crippen LogP contribution in [-0.2, 0) is 26.7 Å². The average molecular weight is 438 g/mol. The molecule has 1 aliphatic rings. The van der Waals surface area contributed by atoms with Gasteiger partial charge in [0.25, 0.3) is 10.0 Å². The Hall–Kier alpha value is -2.93. The van der Waals surface area contributed by atoms with Crippen molar-refractivity contribution in [3.05, 3.63) is 77.4 Å². The maximum atomic E-state index is 13.0. The molecule has 0 radical (unpaired) electrons. The van der Waals surface area contributed by atoms with Crippen LogP contribution in [0.2, 0.25) is 0 Å². The topological polar surface area (TPSA) is 72.3 Å². The lowest BCUT2D eigenvalue weighted by molar-refractivity contribution is -0.118. The van der Waals surface area contributed by atoms with Crippen molar-refractivity contribution >= 4 is 21.6 Å². The van der Waals surface area contributed by atoms with Crippen LogP contribution in [0.15, 0.2) is 59.8 Å². The Kier molecular flexibility index (Phi) is 5.25. The molecule has 7 heteroatoms. The molecule has 1 amide bonds. The number of hydrogen-bond donors (Lipinski definition) is 0. The minimum Gasteiger partial charge on any atom is -0.311 e. The molecular weight excluding hydrogens is 410 g/mol. The number of amides is 1. The fourth-order valence-corrected chi connectivity index (χ4v) is 5.51. The number of anilines is 1. The number of carbonyl (C=O) groups excluding carboxylic acids is 1. The van der Waals surface area contributed by atoms with E-state index in [-0.39, 0.29) is 22.6 Å². The van der Waals surface area contributed by atoms with Crippen LogP contribution in [0.1, 0.15) is 42.8 Å². The molecule has 0 unspecified atom stereocenters. The first-order valence-electron chi connectivity index (χ1n) is 10.4. The first kappa shape index (κ1) is 21.3. The van der Waals surface area contributed by atoms with Crippen molar-refractivity contribution in [2.75, 3.05) is 11.4 Å². The molecule has 0 spiro atoms. The Balaban J connectivity index is 1.51. The summed E-state index contributed by atoms with van der Waals surface area (Å²) < 4.78 is 27.2. The minimum absolute atomic E-state index is 0.0216. The number of fused-ring (bicyclic) bond motifs is 1. The third-order valence-corrected chi connectivity index (χ3v) is 7.75. The van der Waals surface area contributed by atoms with Crippen LogP contribution in [0, 0.1) is 13.8 Å². The lowest BCUT2D eigenvalue weighted by Gasteiger charge is -2.20. The zero-order valence-electron chi connectivity index (χ0n) is 18.3. The molecule has 0 N–H and O–H groups in total. The maximum Gasteiger partial charge on any atom is 0.269 e. The summed E-state index contributed by atoms with van der Waals surface area (Å²) in [4.78, 5) is 19.4. The van der Waals surface area contributed by atoms with Crippen LogP contribution in [-0.4, -0.2) is 29.8 Å². The van der Waals surface area contributed by atoms with Gasteiger partial charge in [0.05, 0.1) is 16.3 Å². The summed E-state index contributed by atoms with van der Waals surface area (Å²) >= 11 is 0. The van der Waals surface area contributed by atoms with Gasteiger partial charge >= 0.3 is 0 Å². The number of aromatic nitrogens is 2. The second kappa shape index (κ2) is 7.64. The van der Waals surface area contributed by atoms with E-state index in [0.717, 1.165) is 11.3 Å². The van der Waals surface area contributed by atoms with Gasteiger partial charge in [0.2, 0.25) is 5.91 Å². The quantitative estimate of drug-likeness (QED) is 0.605. The van der Waals surface area contributed by atoms with Crippen LogP contribution < -0.4 is 4.90 Å². The van der Waals surface area contributed by atoms with Gasteiger partial charge < -0.3 is 4.90 Å². The number of nitrogens with zero attached hydrogens (tertiary/aromatic N) is 3. The van der Waals surface area contributed by atoms with Crippen molar-refractivity contribution < 1.29 is 13.2 Å². The third kappa shape index (κ3) is 3.78. The average Bonchev–Trinajstić information content (AvgIpc) is 3.24. The second-order valence-corrected chi connectivity index (χ2v) is 10.6. The number of para-hydroxylation sites is 1. The molecule has 0 fully saturated rings. The molecule has 3 aromatic rings. The lowest BCUT2D eigenvalue weighted by Crippen LogP contribution is -2.34. The second-order valence-electron chi connectivity index (χ2n) is 8.77. The molecule has 31 heavy (non-hydrogen) atoms. The molecule has 1 aromatic heterocycles. The first-order chi connectivity index (χ1) is 14.6. The van der Waals surface area contributed by atoms with Crippen LogP contribution in [0.25, 0.3) is 0 Å². The van der Waals surface area contributed by atoms with E-state index < -0.39 is 10.0 Å². The molecule has 2 heterocycles. The number of rotatable bonds is 5. The first-order valence-corrected chi connectivity index (χ1v) is 11.8. The van der Waals surface area contributed by atoms with Gasteiger partial charge in [-0.3, -0.25) is 4.79 Å². The van der Waals surface area contributed by atoms with E-state index in [4.69, 9.17) is 0 Å². The van der Waals surface area contributed by atoms with E-state index >= 15 is 0 Å². The van der Waals surface area contributed by atoms with E-state index in [1.54, 1.807) is 31.2 Å². The standard InChI is InChI=1S/C24H27N3O3S/c1-17-9-11-19(12-10-17)31(29,30)27-16-25-21(18(27)2)13-14-23(28)26-15-24(3,4)20-7-5-6-8-22(20)26/h5-12,16H,13-15H2,1-4H3. The van der Waals surface area contributed by atoms with Crippen LogP contribution in [0.5, 0.6) is 0 Å². The maximum absolute atomic E-state index is 13.0. The van der Waals surface area contributed by atoms with Gasteiger partial charge in [-0.2, -0.15) is 0 Å². The van der Waals surface area contributed by atoms with Crippen molar-refractivity contribution in [3.63, 3.8) is 0 Å². The van der Waals surface area contributed by atoms with Crippen molar-refractivity contribution in [2.24, 2.45) is 0 Å². The predicted octanol–water partition coefficient (Wildman–Crippen LogP) is 3.99. The fraction of sp³-hybridized carbons (Fsp3) is 0.333. The van der Waals surface area contributed by atoms with Gasteiger partial charge in [-0.15, -0.1) is 0 Å². The molecule has 2 aromatic carbocycles. The van der Waals surface area contributed by atoms with E-state index in [9.17, 15) is 13.2 Å². The largest absolute Gasteiger partial charge is 0.311 e. The Labute approximate surface area is 183 Å². The summed E-state index contributed by atoms with van der Waals surface area (Å²) in [6, 6.07) is 14.7. The fourth-order valence-electron chi connectivity index (χ4n) is 4.17. The summed E-state index contributed by atoms with van der Waals surface area (Å²) in [5.74, 6) is 0.0216. The van der Waals surface area contributed by atoms with Crippen molar-refractivity contribution in [1.29, 1.82) is 0 Å². The Morgan fingerprint density at radius 1 is 1.06 bits per heavy atom. The highest BCUT2D eigenvalue weighted by molar-refractivity contribution is 7.90. The Morgan fingerprint density at radius 2 is 1.74 bits per heavy atom. The van der Waals surface area contributed by atoms with Gasteiger partial charge in [0.1, 0.15) is 6.33 Å². The number of aryl methyl sites for hydroxylation is 2. The van der Waals surface area contributed by atoms with Crippen LogP contribution in [0.3, 0.4) is 0 Å². The molecule has 4 rings (SSSR count). The SMILES string of the molecule is Cc1ccc(S(=O)(=O)n2cnc(CCC(=O)N3CC(C)(C)c4ccccc43)c2C)cc1. The molecule has 0 saturated heterocycles. The molecule has 0 saturated carbocycles. The summed E-state index contributed by atoms with van der Waals surface area (Å²) in [7, 11) is -3.72. The van der Waals surface area contributed by atoms with E-state index in [1.165, 1.54) is 15.9 Å². The number of imidazole rings is 1. The predicted molar refractivity (Wildman–Crippen MR) is 121 cm³/mol. The van der Waals surface area contributed by atoms with E-state index in [1.807, 2.05) is 30.0 Å². The number of carbonyl (C=O) groups is 1. The smallest absolute Gasteiger partial charge is 0.269 e. The molecule has 0 atom stereocenters. The molecule has 162 valence electrons. The van der Waals surface area contributed by atoms with Gasteiger partial charge in [-0.05, 0) is 37.6 Å². The molecule has 1 aliphatic heterocycles. The molecule has 0 bridgehead atoms. The van der Waals surface area contributed by atoms with Crippen LogP contribution in [0.4, 0.5) is 5.69 Å². The minimum atomic E-state index is -3.72. The highest BCUT2D eigenvalue weighted by Crippen LogP contribution is 2.40. The Morgan fingerprint density at radius 3 is 2.45 bits per heavy atom. The molecule has 6 nitrogen and oxygen atoms in total. The van der Waals surface area contributed by atoms with Gasteiger partial charge in [0.15, 0.2) is 0 Å². The highest BCUT2D eigenvalue weighted by Gasteiger charge is 2.37. The van der Waals surface area contributed by atoms with Gasteiger partial charge in [0, 0.05) is 30.5 Å². The third-order valence-electron chi connectivity index (χ3n) is 6.00. The zero-order valence-corrected chi connectivity index (χ0v) is 19.1. The van der Waals surface area contributed by atoms with Gasteiger partial charge in [-0.25, -0.2) is 17.4 Å². The van der Waals surface area contributed by atoms with Crippen molar-refractivity contribution in [3.8, 4) is 0 Å². The van der Waals surface area contributed by atoms with E-state index in [0.29, 0.717) is 24.4 Å². The van der Waals surface area contributed by atoms with Crippen molar-refractivity contribution in [2.45, 2.75) is 50.8 Å². The molecule has 0 aliphatic carbocycles. The van der Waals surface area contributed by atoms with Crippen molar-refractivity contribution in [1.82, 2.24) is 8.96 Å². The Bertz CT molecular complexity index is 1240. The highest BCUT2D eigenvalue weighted by atomic mass is 32.2. The zero-order chi connectivity index (χ0) is 22.4. The lowest BCUT2D eigenvalue weighted by atomic mass is 9.87. The summed E-state index contributed by atoms with van der Waals surface area (Å²) in [5.41, 5.74) is 4.19. The normalized spacial score (nSPS) is 15.2. The summed E-state index contributed by atoms with van der Waals surface area (Å²) in [6.45, 7) is 8.56. The summed E-state index contributed by atoms with van der Waals surface area (Å²) in [5, 5.41) is 0. The summed E-state index contributed by atoms with van der Waals surface area (Å²) in [6.07, 6.45) is 1.99. The molecular formula is C24H27N3O3S. The number of benzene rings is 2. The van der Waals surface area contributed by atoms with Crippen LogP contribution >= 0.6 is 0 Å². The number of hydrogen-bond acceptors (Lipinski definition) is 4.